The summed E-state index contributed by atoms with van der Waals surface area (Å²) < 4.78 is 61.4. The molecule has 5 aliphatic rings. The topological polar surface area (TPSA) is 376 Å². The lowest BCUT2D eigenvalue weighted by Crippen LogP contribution is -2.42. The fourth-order valence-electron chi connectivity index (χ4n) is 18.1. The van der Waals surface area contributed by atoms with Crippen LogP contribution in [0.3, 0.4) is 0 Å². The zero-order chi connectivity index (χ0) is 98.3. The number of amides is 1. The molecule has 5 fully saturated rings. The summed E-state index contributed by atoms with van der Waals surface area (Å²) in [6.07, 6.45) is 49.5. The Kier molecular flexibility index (Phi) is 53.0. The third-order valence-electron chi connectivity index (χ3n) is 25.6. The van der Waals surface area contributed by atoms with Crippen molar-refractivity contribution in [2.75, 3.05) is 84.7 Å². The van der Waals surface area contributed by atoms with Crippen LogP contribution >= 0.6 is 0 Å². The van der Waals surface area contributed by atoms with Gasteiger partial charge in [0.15, 0.2) is 0 Å². The van der Waals surface area contributed by atoms with E-state index < -0.39 is 17.5 Å². The number of benzene rings is 6. The zero-order valence-corrected chi connectivity index (χ0v) is 83.4. The molecule has 6 aromatic carbocycles. The molecule has 0 aliphatic heterocycles. The average molecular weight is 1880 g/mol. The number of hydrogen-bond acceptors (Lipinski definition) is 22. The van der Waals surface area contributed by atoms with Crippen LogP contribution in [-0.2, 0) is 58.8 Å². The van der Waals surface area contributed by atoms with E-state index in [1.165, 1.54) is 215 Å². The number of nitrogens with one attached hydrogen (secondary N) is 3. The molecule has 5 aliphatic carbocycles. The summed E-state index contributed by atoms with van der Waals surface area (Å²) in [6.45, 7) is 20.7. The molecule has 0 bridgehead atoms. The maximum absolute atomic E-state index is 13.1. The van der Waals surface area contributed by atoms with Gasteiger partial charge in [-0.05, 0) is 258 Å². The van der Waals surface area contributed by atoms with Crippen LogP contribution in [0.2, 0.25) is 0 Å². The molecule has 0 aromatic heterocycles. The molecule has 1 amide bonds. The zero-order valence-electron chi connectivity index (χ0n) is 83.4. The number of anilines is 8. The van der Waals surface area contributed by atoms with Crippen molar-refractivity contribution in [2.24, 2.45) is 17.8 Å². The lowest BCUT2D eigenvalue weighted by Gasteiger charge is -2.31. The minimum atomic E-state index is -2.54. The molecule has 750 valence electrons. The molecule has 11 rings (SSSR count). The van der Waals surface area contributed by atoms with Crippen LogP contribution in [0.15, 0.2) is 109 Å². The first-order valence-electron chi connectivity index (χ1n) is 51.1. The van der Waals surface area contributed by atoms with E-state index >= 15 is 0 Å². The normalized spacial score (nSPS) is 16.9. The predicted molar refractivity (Wildman–Crippen MR) is 545 cm³/mol. The molecule has 0 atom stereocenters. The van der Waals surface area contributed by atoms with Gasteiger partial charge in [-0.1, -0.05) is 224 Å². The van der Waals surface area contributed by atoms with Crippen molar-refractivity contribution >= 4 is 87.4 Å². The third kappa shape index (κ3) is 44.6. The minimum absolute atomic E-state index is 0.0135. The van der Waals surface area contributed by atoms with Crippen molar-refractivity contribution in [3.63, 3.8) is 0 Å². The van der Waals surface area contributed by atoms with Crippen LogP contribution in [0.1, 0.15) is 404 Å². The van der Waals surface area contributed by atoms with Crippen molar-refractivity contribution < 1.29 is 75.5 Å². The monoisotopic (exact) mass is 1880 g/mol. The predicted octanol–water partition coefficient (Wildman–Crippen LogP) is 26.1. The largest absolute Gasteiger partial charge is 0.462 e. The molecular formula is C110H167F2N9O14. The molecule has 15 N–H and O–H groups in total. The van der Waals surface area contributed by atoms with E-state index in [2.05, 4.69) is 22.9 Å². The average Bonchev–Trinajstić information content (AvgIpc) is 1.18. The Balaban J connectivity index is 0.000000250. The minimum Gasteiger partial charge on any atom is -0.462 e. The number of carbonyl (C=O) groups excluding carboxylic acids is 7. The molecule has 0 heterocycles. The number of unbranched alkanes of at least 4 members (excludes halogenated alkanes) is 6. The number of halogens is 2. The smallest absolute Gasteiger partial charge is 0.407 e. The number of nitrogen functional groups attached to an aromatic ring is 6. The van der Waals surface area contributed by atoms with Crippen molar-refractivity contribution in [1.82, 2.24) is 5.32 Å². The van der Waals surface area contributed by atoms with Crippen LogP contribution in [-0.4, -0.2) is 111 Å². The fourth-order valence-corrected chi connectivity index (χ4v) is 18.1. The Morgan fingerprint density at radius 3 is 0.844 bits per heavy atom. The molecule has 0 unspecified atom stereocenters. The number of ether oxygens (including phenoxy) is 7. The van der Waals surface area contributed by atoms with E-state index in [1.54, 1.807) is 69.3 Å². The second kappa shape index (κ2) is 63.1. The summed E-state index contributed by atoms with van der Waals surface area (Å²) in [6, 6.07) is 32.7. The summed E-state index contributed by atoms with van der Waals surface area (Å²) in [5.74, 6) is -2.31. The van der Waals surface area contributed by atoms with Gasteiger partial charge in [-0.2, -0.15) is 0 Å². The first kappa shape index (κ1) is 113. The lowest BCUT2D eigenvalue weighted by atomic mass is 9.86. The highest BCUT2D eigenvalue weighted by Crippen LogP contribution is 2.37. The highest BCUT2D eigenvalue weighted by molar-refractivity contribution is 5.94. The molecular weight excluding hydrogens is 1710 g/mol. The summed E-state index contributed by atoms with van der Waals surface area (Å²) in [4.78, 5) is 82.1. The Hall–Kier alpha value is -10.3. The van der Waals surface area contributed by atoms with Crippen LogP contribution in [0.4, 0.5) is 59.1 Å². The van der Waals surface area contributed by atoms with Crippen molar-refractivity contribution in [1.29, 1.82) is 0 Å². The van der Waals surface area contributed by atoms with Gasteiger partial charge in [0.1, 0.15) is 5.60 Å². The van der Waals surface area contributed by atoms with Gasteiger partial charge in [0.05, 0.1) is 95.8 Å². The maximum atomic E-state index is 13.1. The van der Waals surface area contributed by atoms with Crippen molar-refractivity contribution in [3.05, 3.63) is 165 Å². The Morgan fingerprint density at radius 2 is 0.570 bits per heavy atom. The Bertz CT molecular complexity index is 4470. The molecule has 0 spiro atoms. The summed E-state index contributed by atoms with van der Waals surface area (Å²) in [5.41, 5.74) is 49.0. The summed E-state index contributed by atoms with van der Waals surface area (Å²) >= 11 is 0. The quantitative estimate of drug-likeness (QED) is 0.00642. The summed E-state index contributed by atoms with van der Waals surface area (Å²) in [7, 11) is 0. The maximum Gasteiger partial charge on any atom is 0.407 e. The molecule has 5 saturated carbocycles. The Labute approximate surface area is 806 Å². The van der Waals surface area contributed by atoms with E-state index in [1.807, 2.05) is 96.1 Å². The number of rotatable bonds is 31. The van der Waals surface area contributed by atoms with Gasteiger partial charge in [0.2, 0.25) is 5.92 Å². The van der Waals surface area contributed by atoms with Gasteiger partial charge in [0.25, 0.3) is 0 Å². The SMILES string of the molecule is CCCCCCCCCc1ccc(C(=O)OCC)cc1N.CCOC(=O)c1ccc(CC2CCCCCC2)c(N)c1.CCOC(=O)c1ccc(CC2CCCCCCC2)c(N)c1.CCOC(=O)c1ccc(CC2CCCCCCCCCCC2)c(N)c1.CCOC(=O)c1ccc(NC2CCC(F)(F)CC2)c(N)c1.CCOC(=O)c1ccc(NC2CCC(NC(=O)OC(C)(C)C)CC2)c(N)c1. The van der Waals surface area contributed by atoms with E-state index in [0.29, 0.717) is 109 Å². The number of hydrogen-bond donors (Lipinski definition) is 9. The van der Waals surface area contributed by atoms with Gasteiger partial charge in [0, 0.05) is 53.7 Å². The van der Waals surface area contributed by atoms with Crippen LogP contribution in [0.25, 0.3) is 0 Å². The number of esters is 6. The van der Waals surface area contributed by atoms with Crippen LogP contribution in [0, 0.1) is 17.8 Å². The first-order valence-corrected chi connectivity index (χ1v) is 51.1. The van der Waals surface area contributed by atoms with E-state index in [4.69, 9.17) is 67.6 Å². The highest BCUT2D eigenvalue weighted by atomic mass is 19.3. The second-order valence-electron chi connectivity index (χ2n) is 37.9. The van der Waals surface area contributed by atoms with Crippen molar-refractivity contribution in [3.8, 4) is 0 Å². The third-order valence-corrected chi connectivity index (χ3v) is 25.6. The number of carbonyl (C=O) groups is 7. The van der Waals surface area contributed by atoms with Gasteiger partial charge >= 0.3 is 41.9 Å². The van der Waals surface area contributed by atoms with Gasteiger partial charge in [-0.3, -0.25) is 0 Å². The molecule has 23 nitrogen and oxygen atoms in total. The van der Waals surface area contributed by atoms with E-state index in [9.17, 15) is 42.3 Å². The standard InChI is InChI=1S/C22H35NO2.C20H31N3O4.C18H27NO2.C18H29NO2.C17H25NO2.C15H20F2N2O2/c1-2-25-22(24)20-15-14-19(21(23)17-20)16-18-12-10-8-6-4-3-5-7-9-11-13-18;1-5-26-18(24)13-6-11-17(16(21)12-13)22-14-7-9-15(10-8-14)23-19(25)27-20(2,3)4;1-2-21-18(20)16-11-10-15(17(19)13-16)12-14-8-6-4-3-5-7-9-14;1-3-5-6-7-8-9-10-11-15-12-13-16(14-17(15)19)18(20)21-4-2;1-2-20-17(19)15-10-9-14(16(18)12-15)11-13-7-5-3-4-6-8-13;1-2-21-14(20)10-3-4-13(12(18)9-10)19-11-5-7-15(16,17)8-6-11/h14-15,17-18H,2-13,16,23H2,1H3;6,11-12,14-15,22H,5,7-10,21H2,1-4H3,(H,23,25);10-11,13-14H,2-9,12,19H2,1H3;12-14H,3-11,19H2,1-2H3;9-10,12-13H,2-8,11,18H2,1H3;3-4,9,11,19H,2,5-8,18H2,1H3. The number of nitrogens with two attached hydrogens (primary N) is 6. The number of aryl methyl sites for hydroxylation is 1. The molecule has 25 heteroatoms. The molecule has 0 saturated heterocycles. The lowest BCUT2D eigenvalue weighted by molar-refractivity contribution is -0.0361. The second-order valence-corrected chi connectivity index (χ2v) is 37.9. The van der Waals surface area contributed by atoms with Gasteiger partial charge < -0.3 is 83.5 Å². The van der Waals surface area contributed by atoms with Crippen LogP contribution < -0.4 is 50.4 Å². The van der Waals surface area contributed by atoms with Crippen molar-refractivity contribution in [2.45, 2.75) is 375 Å². The van der Waals surface area contributed by atoms with Gasteiger partial charge in [-0.15, -0.1) is 0 Å². The van der Waals surface area contributed by atoms with E-state index in [0.717, 1.165) is 104 Å². The van der Waals surface area contributed by atoms with Gasteiger partial charge in [-0.25, -0.2) is 42.3 Å². The molecule has 6 aromatic rings. The van der Waals surface area contributed by atoms with Crippen LogP contribution in [0.5, 0.6) is 0 Å². The number of alkyl carbamates (subject to hydrolysis) is 1. The number of alkyl halides is 2. The highest BCUT2D eigenvalue weighted by Gasteiger charge is 2.35. The molecule has 0 radical (unpaired) electrons. The summed E-state index contributed by atoms with van der Waals surface area (Å²) in [5, 5.41) is 9.55. The molecule has 135 heavy (non-hydrogen) atoms. The first-order chi connectivity index (χ1) is 64.9. The fraction of sp³-hybridized carbons (Fsp3) is 0.609. The Morgan fingerprint density at radius 1 is 0.319 bits per heavy atom. The van der Waals surface area contributed by atoms with E-state index in [-0.39, 0.29) is 66.9 Å².